The average Bonchev–Trinajstić information content (AvgIpc) is 2.75. The van der Waals surface area contributed by atoms with Gasteiger partial charge in [-0.15, -0.1) is 0 Å². The summed E-state index contributed by atoms with van der Waals surface area (Å²) in [5.74, 6) is -0.984. The molecule has 124 valence electrons. The van der Waals surface area contributed by atoms with Gasteiger partial charge in [-0.05, 0) is 31.5 Å². The standard InChI is InChI=1S/C18H16ClFN2O2/c1-11-6-8-12(9-7-11)18(2)16(23)22(17(24)21-18)10-13-14(19)4-3-5-15(13)20/h3-9H,10H2,1-2H3,(H,21,24). The molecule has 1 unspecified atom stereocenters. The number of benzene rings is 2. The lowest BCUT2D eigenvalue weighted by Crippen LogP contribution is -2.40. The Hall–Kier alpha value is -2.40. The number of nitrogens with zero attached hydrogens (tertiary/aromatic N) is 1. The molecule has 4 nitrogen and oxygen atoms in total. The average molecular weight is 347 g/mol. The van der Waals surface area contributed by atoms with Crippen LogP contribution >= 0.6 is 11.6 Å². The highest BCUT2D eigenvalue weighted by Crippen LogP contribution is 2.31. The molecule has 24 heavy (non-hydrogen) atoms. The van der Waals surface area contributed by atoms with E-state index in [0.29, 0.717) is 5.56 Å². The molecule has 2 aromatic rings. The van der Waals surface area contributed by atoms with E-state index in [9.17, 15) is 14.0 Å². The minimum Gasteiger partial charge on any atom is -0.319 e. The lowest BCUT2D eigenvalue weighted by molar-refractivity contribution is -0.131. The van der Waals surface area contributed by atoms with E-state index in [-0.39, 0.29) is 17.1 Å². The molecule has 0 saturated carbocycles. The number of hydrogen-bond acceptors (Lipinski definition) is 2. The van der Waals surface area contributed by atoms with Crippen molar-refractivity contribution in [1.82, 2.24) is 10.2 Å². The van der Waals surface area contributed by atoms with E-state index >= 15 is 0 Å². The number of amides is 3. The van der Waals surface area contributed by atoms with Gasteiger partial charge in [0, 0.05) is 10.6 Å². The number of halogens is 2. The van der Waals surface area contributed by atoms with Crippen molar-refractivity contribution >= 4 is 23.5 Å². The third kappa shape index (κ3) is 2.65. The Bertz CT molecular complexity index is 802. The number of nitrogens with one attached hydrogen (secondary N) is 1. The van der Waals surface area contributed by atoms with E-state index in [0.717, 1.165) is 10.5 Å². The maximum Gasteiger partial charge on any atom is 0.325 e. The van der Waals surface area contributed by atoms with Crippen molar-refractivity contribution in [3.8, 4) is 0 Å². The number of carbonyl (C=O) groups is 2. The summed E-state index contributed by atoms with van der Waals surface area (Å²) < 4.78 is 14.0. The van der Waals surface area contributed by atoms with Gasteiger partial charge in [0.2, 0.25) is 0 Å². The van der Waals surface area contributed by atoms with Crippen LogP contribution in [0.1, 0.15) is 23.6 Å². The molecule has 0 spiro atoms. The summed E-state index contributed by atoms with van der Waals surface area (Å²) in [6, 6.07) is 11.0. The van der Waals surface area contributed by atoms with Gasteiger partial charge >= 0.3 is 6.03 Å². The van der Waals surface area contributed by atoms with Gasteiger partial charge < -0.3 is 5.32 Å². The summed E-state index contributed by atoms with van der Waals surface area (Å²) in [7, 11) is 0. The Morgan fingerprint density at radius 1 is 1.17 bits per heavy atom. The first-order chi connectivity index (χ1) is 11.3. The molecular weight excluding hydrogens is 331 g/mol. The van der Waals surface area contributed by atoms with Crippen molar-refractivity contribution < 1.29 is 14.0 Å². The van der Waals surface area contributed by atoms with Crippen LogP contribution in [0.5, 0.6) is 0 Å². The van der Waals surface area contributed by atoms with Crippen LogP contribution in [0.3, 0.4) is 0 Å². The molecule has 2 aromatic carbocycles. The van der Waals surface area contributed by atoms with Crippen LogP contribution in [0.25, 0.3) is 0 Å². The van der Waals surface area contributed by atoms with Gasteiger partial charge in [0.25, 0.3) is 5.91 Å². The fourth-order valence-corrected chi connectivity index (χ4v) is 2.99. The molecule has 0 aliphatic carbocycles. The van der Waals surface area contributed by atoms with E-state index in [1.165, 1.54) is 18.2 Å². The topological polar surface area (TPSA) is 49.4 Å². The molecular formula is C18H16ClFN2O2. The van der Waals surface area contributed by atoms with Gasteiger partial charge in [0.15, 0.2) is 0 Å². The molecule has 6 heteroatoms. The summed E-state index contributed by atoms with van der Waals surface area (Å²) in [6.07, 6.45) is 0. The molecule has 3 rings (SSSR count). The summed E-state index contributed by atoms with van der Waals surface area (Å²) >= 11 is 6.00. The van der Waals surface area contributed by atoms with Crippen molar-refractivity contribution in [2.75, 3.05) is 0 Å². The van der Waals surface area contributed by atoms with Crippen LogP contribution in [0.15, 0.2) is 42.5 Å². The fraction of sp³-hybridized carbons (Fsp3) is 0.222. The highest BCUT2D eigenvalue weighted by molar-refractivity contribution is 6.31. The van der Waals surface area contributed by atoms with Crippen LogP contribution in [0, 0.1) is 12.7 Å². The largest absolute Gasteiger partial charge is 0.325 e. The number of aryl methyl sites for hydroxylation is 1. The summed E-state index contributed by atoms with van der Waals surface area (Å²) in [5, 5.41) is 2.88. The van der Waals surface area contributed by atoms with Gasteiger partial charge in [-0.1, -0.05) is 47.5 Å². The van der Waals surface area contributed by atoms with E-state index in [4.69, 9.17) is 11.6 Å². The predicted octanol–water partition coefficient (Wildman–Crippen LogP) is 3.75. The van der Waals surface area contributed by atoms with E-state index in [1.807, 2.05) is 19.1 Å². The number of carbonyl (C=O) groups excluding carboxylic acids is 2. The van der Waals surface area contributed by atoms with Crippen LogP contribution in [0.2, 0.25) is 5.02 Å². The second kappa shape index (κ2) is 5.91. The number of imide groups is 1. The van der Waals surface area contributed by atoms with Gasteiger partial charge in [-0.3, -0.25) is 9.69 Å². The Morgan fingerprint density at radius 2 is 1.83 bits per heavy atom. The van der Waals surface area contributed by atoms with Crippen molar-refractivity contribution in [3.05, 3.63) is 70.0 Å². The lowest BCUT2D eigenvalue weighted by atomic mass is 9.91. The Morgan fingerprint density at radius 3 is 2.46 bits per heavy atom. The third-order valence-corrected chi connectivity index (χ3v) is 4.64. The van der Waals surface area contributed by atoms with Gasteiger partial charge in [0.05, 0.1) is 6.54 Å². The first kappa shape index (κ1) is 16.5. The number of urea groups is 1. The highest BCUT2D eigenvalue weighted by Gasteiger charge is 2.49. The minimum absolute atomic E-state index is 0.121. The van der Waals surface area contributed by atoms with E-state index < -0.39 is 23.3 Å². The molecule has 1 aliphatic rings. The van der Waals surface area contributed by atoms with Crippen LogP contribution in [0.4, 0.5) is 9.18 Å². The normalized spacial score (nSPS) is 20.4. The Kier molecular flexibility index (Phi) is 4.05. The van der Waals surface area contributed by atoms with Gasteiger partial charge in [-0.25, -0.2) is 9.18 Å². The second-order valence-electron chi connectivity index (χ2n) is 6.01. The monoisotopic (exact) mass is 346 g/mol. The molecule has 0 bridgehead atoms. The van der Waals surface area contributed by atoms with Crippen LogP contribution < -0.4 is 5.32 Å². The SMILES string of the molecule is Cc1ccc(C2(C)NC(=O)N(Cc3c(F)cccc3Cl)C2=O)cc1. The fourth-order valence-electron chi connectivity index (χ4n) is 2.76. The molecule has 1 heterocycles. The second-order valence-corrected chi connectivity index (χ2v) is 6.42. The molecule has 1 fully saturated rings. The highest BCUT2D eigenvalue weighted by atomic mass is 35.5. The zero-order chi connectivity index (χ0) is 17.5. The van der Waals surface area contributed by atoms with Crippen LogP contribution in [-0.2, 0) is 16.9 Å². The summed E-state index contributed by atoms with van der Waals surface area (Å²) in [6.45, 7) is 3.37. The molecule has 1 aliphatic heterocycles. The van der Waals surface area contributed by atoms with Crippen molar-refractivity contribution in [2.45, 2.75) is 25.9 Å². The Labute approximate surface area is 144 Å². The first-order valence-corrected chi connectivity index (χ1v) is 7.85. The number of hydrogen-bond donors (Lipinski definition) is 1. The Balaban J connectivity index is 1.93. The van der Waals surface area contributed by atoms with Crippen molar-refractivity contribution in [3.63, 3.8) is 0 Å². The third-order valence-electron chi connectivity index (χ3n) is 4.28. The lowest BCUT2D eigenvalue weighted by Gasteiger charge is -2.22. The molecule has 3 amide bonds. The molecule has 1 N–H and O–H groups in total. The van der Waals surface area contributed by atoms with Gasteiger partial charge in [-0.2, -0.15) is 0 Å². The summed E-state index contributed by atoms with van der Waals surface area (Å²) in [4.78, 5) is 26.1. The van der Waals surface area contributed by atoms with Crippen molar-refractivity contribution in [1.29, 1.82) is 0 Å². The zero-order valence-electron chi connectivity index (χ0n) is 13.3. The summed E-state index contributed by atoms with van der Waals surface area (Å²) in [5.41, 5.74) is 0.668. The maximum absolute atomic E-state index is 14.0. The zero-order valence-corrected chi connectivity index (χ0v) is 14.0. The van der Waals surface area contributed by atoms with Crippen molar-refractivity contribution in [2.24, 2.45) is 0 Å². The van der Waals surface area contributed by atoms with E-state index in [1.54, 1.807) is 19.1 Å². The minimum atomic E-state index is -1.18. The first-order valence-electron chi connectivity index (χ1n) is 7.47. The van der Waals surface area contributed by atoms with Gasteiger partial charge in [0.1, 0.15) is 11.4 Å². The quantitative estimate of drug-likeness (QED) is 0.860. The molecule has 0 radical (unpaired) electrons. The predicted molar refractivity (Wildman–Crippen MR) is 89.0 cm³/mol. The molecule has 1 atom stereocenters. The maximum atomic E-state index is 14.0. The smallest absolute Gasteiger partial charge is 0.319 e. The number of rotatable bonds is 3. The van der Waals surface area contributed by atoms with Crippen LogP contribution in [-0.4, -0.2) is 16.8 Å². The van der Waals surface area contributed by atoms with E-state index in [2.05, 4.69) is 5.32 Å². The molecule has 1 saturated heterocycles. The molecule has 0 aromatic heterocycles.